The molecule has 0 fully saturated rings. The lowest BCUT2D eigenvalue weighted by Gasteiger charge is -2.13. The summed E-state index contributed by atoms with van der Waals surface area (Å²) in [5.41, 5.74) is 1.31. The molecular weight excluding hydrogens is 373 g/mol. The second kappa shape index (κ2) is 8.56. The smallest absolute Gasteiger partial charge is 0.239 e. The molecule has 0 spiro atoms. The highest BCUT2D eigenvalue weighted by atomic mass is 35.5. The van der Waals surface area contributed by atoms with E-state index in [4.69, 9.17) is 27.9 Å². The maximum atomic E-state index is 11.6. The van der Waals surface area contributed by atoms with Gasteiger partial charge in [0.25, 0.3) is 0 Å². The van der Waals surface area contributed by atoms with Gasteiger partial charge in [-0.1, -0.05) is 29.8 Å². The predicted octanol–water partition coefficient (Wildman–Crippen LogP) is 5.45. The largest absolute Gasteiger partial charge is 0.457 e. The lowest BCUT2D eigenvalue weighted by Crippen LogP contribution is -2.13. The standard InChI is InChI=1S/C19H15Cl2N3O2/c20-12-19(25)24-17-7-2-1-6-16(17)23-18-11-15(8-9-22-18)26-14-5-3-4-13(21)10-14/h1-11H,12H2,(H,22,23)(H,24,25). The molecule has 3 aromatic rings. The molecule has 0 aliphatic carbocycles. The number of para-hydroxylation sites is 2. The van der Waals surface area contributed by atoms with Crippen molar-refractivity contribution < 1.29 is 9.53 Å². The lowest BCUT2D eigenvalue weighted by atomic mass is 10.2. The van der Waals surface area contributed by atoms with Crippen molar-refractivity contribution in [3.8, 4) is 11.5 Å². The first kappa shape index (κ1) is 18.0. The maximum Gasteiger partial charge on any atom is 0.239 e. The van der Waals surface area contributed by atoms with Crippen LogP contribution in [0, 0.1) is 0 Å². The molecule has 1 heterocycles. The second-order valence-electron chi connectivity index (χ2n) is 5.29. The molecule has 132 valence electrons. The molecule has 0 bridgehead atoms. The van der Waals surface area contributed by atoms with Gasteiger partial charge < -0.3 is 15.4 Å². The number of ether oxygens (including phenoxy) is 1. The van der Waals surface area contributed by atoms with E-state index < -0.39 is 0 Å². The fraction of sp³-hybridized carbons (Fsp3) is 0.0526. The van der Waals surface area contributed by atoms with E-state index in [1.165, 1.54) is 0 Å². The number of hydrogen-bond donors (Lipinski definition) is 2. The summed E-state index contributed by atoms with van der Waals surface area (Å²) in [6.07, 6.45) is 1.63. The van der Waals surface area contributed by atoms with Crippen molar-refractivity contribution in [1.82, 2.24) is 4.98 Å². The SMILES string of the molecule is O=C(CCl)Nc1ccccc1Nc1cc(Oc2cccc(Cl)c2)ccn1. The number of anilines is 3. The van der Waals surface area contributed by atoms with E-state index in [1.807, 2.05) is 30.3 Å². The average Bonchev–Trinajstić information content (AvgIpc) is 2.63. The fourth-order valence-electron chi connectivity index (χ4n) is 2.23. The van der Waals surface area contributed by atoms with E-state index in [9.17, 15) is 4.79 Å². The molecule has 2 N–H and O–H groups in total. The summed E-state index contributed by atoms with van der Waals surface area (Å²) in [6, 6.07) is 17.9. The zero-order valence-electron chi connectivity index (χ0n) is 13.6. The molecule has 1 aromatic heterocycles. The summed E-state index contributed by atoms with van der Waals surface area (Å²) in [6.45, 7) is 0. The number of nitrogens with zero attached hydrogens (tertiary/aromatic N) is 1. The number of aromatic nitrogens is 1. The van der Waals surface area contributed by atoms with Gasteiger partial charge in [0.15, 0.2) is 0 Å². The summed E-state index contributed by atoms with van der Waals surface area (Å²) < 4.78 is 5.80. The Morgan fingerprint density at radius 1 is 1.00 bits per heavy atom. The van der Waals surface area contributed by atoms with Crippen LogP contribution in [0.25, 0.3) is 0 Å². The van der Waals surface area contributed by atoms with Crippen LogP contribution in [-0.2, 0) is 4.79 Å². The lowest BCUT2D eigenvalue weighted by molar-refractivity contribution is -0.113. The summed E-state index contributed by atoms with van der Waals surface area (Å²) >= 11 is 11.5. The number of rotatable bonds is 6. The van der Waals surface area contributed by atoms with E-state index in [2.05, 4.69) is 15.6 Å². The zero-order valence-corrected chi connectivity index (χ0v) is 15.1. The second-order valence-corrected chi connectivity index (χ2v) is 5.99. The van der Waals surface area contributed by atoms with Gasteiger partial charge in [0.1, 0.15) is 23.2 Å². The summed E-state index contributed by atoms with van der Waals surface area (Å²) in [5.74, 6) is 1.40. The first-order valence-electron chi connectivity index (χ1n) is 7.75. The number of benzene rings is 2. The van der Waals surface area contributed by atoms with Crippen LogP contribution in [0.3, 0.4) is 0 Å². The first-order valence-corrected chi connectivity index (χ1v) is 8.66. The van der Waals surface area contributed by atoms with Gasteiger partial charge in [-0.25, -0.2) is 4.98 Å². The highest BCUT2D eigenvalue weighted by Gasteiger charge is 2.07. The van der Waals surface area contributed by atoms with Crippen molar-refractivity contribution in [3.63, 3.8) is 0 Å². The number of amides is 1. The Morgan fingerprint density at radius 3 is 2.54 bits per heavy atom. The first-order chi connectivity index (χ1) is 12.6. The molecule has 0 aliphatic rings. The Hall–Kier alpha value is -2.76. The number of pyridine rings is 1. The Morgan fingerprint density at radius 2 is 1.77 bits per heavy atom. The third-order valence-electron chi connectivity index (χ3n) is 3.35. The van der Waals surface area contributed by atoms with E-state index in [0.717, 1.165) is 0 Å². The third-order valence-corrected chi connectivity index (χ3v) is 3.83. The number of hydrogen-bond acceptors (Lipinski definition) is 4. The molecule has 26 heavy (non-hydrogen) atoms. The Labute approximate surface area is 160 Å². The van der Waals surface area contributed by atoms with Crippen molar-refractivity contribution in [2.24, 2.45) is 0 Å². The fourth-order valence-corrected chi connectivity index (χ4v) is 2.48. The van der Waals surface area contributed by atoms with E-state index in [1.54, 1.807) is 36.5 Å². The van der Waals surface area contributed by atoms with Crippen molar-refractivity contribution in [1.29, 1.82) is 0 Å². The van der Waals surface area contributed by atoms with Crippen LogP contribution < -0.4 is 15.4 Å². The van der Waals surface area contributed by atoms with E-state index >= 15 is 0 Å². The van der Waals surface area contributed by atoms with Gasteiger partial charge in [0.2, 0.25) is 5.91 Å². The average molecular weight is 388 g/mol. The monoisotopic (exact) mass is 387 g/mol. The number of alkyl halides is 1. The van der Waals surface area contributed by atoms with Crippen molar-refractivity contribution >= 4 is 46.3 Å². The zero-order chi connectivity index (χ0) is 18.4. The number of nitrogens with one attached hydrogen (secondary N) is 2. The molecule has 1 amide bonds. The van der Waals surface area contributed by atoms with Crippen molar-refractivity contribution in [3.05, 3.63) is 71.9 Å². The molecule has 0 saturated heterocycles. The van der Waals surface area contributed by atoms with E-state index in [-0.39, 0.29) is 11.8 Å². The molecule has 2 aromatic carbocycles. The summed E-state index contributed by atoms with van der Waals surface area (Å²) in [5, 5.41) is 6.49. The van der Waals surface area contributed by atoms with Gasteiger partial charge in [-0.05, 0) is 36.4 Å². The van der Waals surface area contributed by atoms with Crippen LogP contribution in [0.2, 0.25) is 5.02 Å². The Bertz CT molecular complexity index is 919. The molecule has 0 radical (unpaired) electrons. The van der Waals surface area contributed by atoms with Gasteiger partial charge >= 0.3 is 0 Å². The number of carbonyl (C=O) groups excluding carboxylic acids is 1. The predicted molar refractivity (Wildman–Crippen MR) is 105 cm³/mol. The van der Waals surface area contributed by atoms with Crippen LogP contribution in [0.1, 0.15) is 0 Å². The number of carbonyl (C=O) groups is 1. The van der Waals surface area contributed by atoms with Crippen molar-refractivity contribution in [2.75, 3.05) is 16.5 Å². The quantitative estimate of drug-likeness (QED) is 0.552. The van der Waals surface area contributed by atoms with Crippen molar-refractivity contribution in [2.45, 2.75) is 0 Å². The molecule has 0 saturated carbocycles. The Balaban J connectivity index is 1.78. The van der Waals surface area contributed by atoms with Crippen LogP contribution in [0.15, 0.2) is 66.9 Å². The molecule has 0 unspecified atom stereocenters. The molecule has 7 heteroatoms. The van der Waals surface area contributed by atoms with Gasteiger partial charge in [0.05, 0.1) is 11.4 Å². The van der Waals surface area contributed by atoms with Gasteiger partial charge in [0, 0.05) is 17.3 Å². The highest BCUT2D eigenvalue weighted by Crippen LogP contribution is 2.28. The molecule has 0 aliphatic heterocycles. The molecular formula is C19H15Cl2N3O2. The minimum absolute atomic E-state index is 0.116. The van der Waals surface area contributed by atoms with Gasteiger partial charge in [-0.2, -0.15) is 0 Å². The molecule has 0 atom stereocenters. The van der Waals surface area contributed by atoms with Crippen LogP contribution in [0.5, 0.6) is 11.5 Å². The number of halogens is 2. The maximum absolute atomic E-state index is 11.6. The van der Waals surface area contributed by atoms with Gasteiger partial charge in [-0.15, -0.1) is 11.6 Å². The van der Waals surface area contributed by atoms with Crippen LogP contribution in [0.4, 0.5) is 17.2 Å². The van der Waals surface area contributed by atoms with Crippen LogP contribution in [-0.4, -0.2) is 16.8 Å². The highest BCUT2D eigenvalue weighted by molar-refractivity contribution is 6.30. The minimum Gasteiger partial charge on any atom is -0.457 e. The van der Waals surface area contributed by atoms with Gasteiger partial charge in [-0.3, -0.25) is 4.79 Å². The summed E-state index contributed by atoms with van der Waals surface area (Å²) in [7, 11) is 0. The molecule has 5 nitrogen and oxygen atoms in total. The third kappa shape index (κ3) is 4.88. The topological polar surface area (TPSA) is 63.2 Å². The Kier molecular flexibility index (Phi) is 5.94. The van der Waals surface area contributed by atoms with Crippen LogP contribution >= 0.6 is 23.2 Å². The minimum atomic E-state index is -0.285. The summed E-state index contributed by atoms with van der Waals surface area (Å²) in [4.78, 5) is 15.8. The van der Waals surface area contributed by atoms with E-state index in [0.29, 0.717) is 33.7 Å². The molecule has 3 rings (SSSR count). The normalized spacial score (nSPS) is 10.2.